The Hall–Kier alpha value is 1.78. The summed E-state index contributed by atoms with van der Waals surface area (Å²) in [5.74, 6) is 0. The first-order valence-electron chi connectivity index (χ1n) is 2.47. The van der Waals surface area contributed by atoms with E-state index in [9.17, 15) is 0 Å². The fourth-order valence-corrected chi connectivity index (χ4v) is 0.646. The molecule has 53 valence electrons. The van der Waals surface area contributed by atoms with Gasteiger partial charge in [0.1, 0.15) is 0 Å². The standard InChI is InChI=1S/C5H7BO2.W.Y/c1-3-4(7)2-5(6)8-3;;/h2-5,7H,1H2;;/q-2;;. The molecular formula is C5H7BO2WY-2. The molecule has 1 aliphatic rings. The molecule has 1 N–H and O–H groups in total. The average molecular weight is 383 g/mol. The average Bonchev–Trinajstić information content (AvgIpc) is 1.85. The Kier molecular flexibility index (Phi) is 9.03. The van der Waals surface area contributed by atoms with Crippen LogP contribution in [0, 0.1) is 13.3 Å². The minimum atomic E-state index is -0.593. The summed E-state index contributed by atoms with van der Waals surface area (Å²) in [7, 11) is 5.24. The molecule has 3 unspecified atom stereocenters. The molecule has 0 aromatic heterocycles. The minimum absolute atomic E-state index is 0. The molecule has 1 saturated heterocycles. The molecule has 1 rings (SSSR count). The Bertz CT molecular complexity index is 85.7. The fourth-order valence-electron chi connectivity index (χ4n) is 0.646. The van der Waals surface area contributed by atoms with Gasteiger partial charge in [0.25, 0.3) is 0 Å². The molecule has 3 radical (unpaired) electrons. The first-order valence-corrected chi connectivity index (χ1v) is 2.47. The van der Waals surface area contributed by atoms with Gasteiger partial charge in [0.05, 0.1) is 7.85 Å². The normalized spacial score (nSPS) is 38.0. The van der Waals surface area contributed by atoms with E-state index in [0.717, 1.165) is 0 Å². The van der Waals surface area contributed by atoms with Crippen LogP contribution in [0.4, 0.5) is 0 Å². The van der Waals surface area contributed by atoms with Crippen molar-refractivity contribution in [1.82, 2.24) is 0 Å². The summed E-state index contributed by atoms with van der Waals surface area (Å²) in [6.07, 6.45) is 0.535. The first kappa shape index (κ1) is 14.3. The molecule has 0 aliphatic carbocycles. The molecule has 0 aromatic rings. The van der Waals surface area contributed by atoms with Gasteiger partial charge in [-0.15, -0.1) is 6.00 Å². The maximum Gasteiger partial charge on any atom is 0.0624 e. The van der Waals surface area contributed by atoms with Crippen LogP contribution < -0.4 is 0 Å². The van der Waals surface area contributed by atoms with E-state index in [1.807, 2.05) is 0 Å². The Morgan fingerprint density at radius 2 is 2.10 bits per heavy atom. The Morgan fingerprint density at radius 1 is 1.60 bits per heavy atom. The molecule has 5 heteroatoms. The monoisotopic (exact) mass is 383 g/mol. The molecule has 1 fully saturated rings. The molecular weight excluding hydrogens is 376 g/mol. The van der Waals surface area contributed by atoms with Crippen molar-refractivity contribution in [1.29, 1.82) is 0 Å². The van der Waals surface area contributed by atoms with Crippen LogP contribution in [0.5, 0.6) is 0 Å². The molecule has 1 aliphatic heterocycles. The topological polar surface area (TPSA) is 29.5 Å². The molecule has 1 heterocycles. The van der Waals surface area contributed by atoms with Gasteiger partial charge in [-0.3, -0.25) is 6.42 Å². The molecule has 0 aromatic carbocycles. The van der Waals surface area contributed by atoms with Gasteiger partial charge in [-0.25, -0.2) is 0 Å². The number of rotatable bonds is 0. The zero-order valence-corrected chi connectivity index (χ0v) is 11.2. The fraction of sp³-hybridized carbons (Fsp3) is 0.600. The van der Waals surface area contributed by atoms with Crippen molar-refractivity contribution in [3.63, 3.8) is 0 Å². The van der Waals surface area contributed by atoms with E-state index in [1.165, 1.54) is 6.42 Å². The van der Waals surface area contributed by atoms with E-state index in [4.69, 9.17) is 17.7 Å². The summed E-state index contributed by atoms with van der Waals surface area (Å²) in [5, 5.41) is 8.85. The van der Waals surface area contributed by atoms with Gasteiger partial charge in [0, 0.05) is 53.8 Å². The third-order valence-corrected chi connectivity index (χ3v) is 1.10. The summed E-state index contributed by atoms with van der Waals surface area (Å²) in [5.41, 5.74) is 0. The van der Waals surface area contributed by atoms with Gasteiger partial charge in [0.2, 0.25) is 0 Å². The third-order valence-electron chi connectivity index (χ3n) is 1.10. The predicted octanol–water partition coefficient (Wildman–Crippen LogP) is -0.726. The molecule has 0 saturated carbocycles. The van der Waals surface area contributed by atoms with Crippen LogP contribution >= 0.6 is 0 Å². The van der Waals surface area contributed by atoms with E-state index in [1.54, 1.807) is 0 Å². The van der Waals surface area contributed by atoms with Gasteiger partial charge in [-0.1, -0.05) is 12.2 Å². The van der Waals surface area contributed by atoms with E-state index < -0.39 is 12.1 Å². The van der Waals surface area contributed by atoms with Crippen molar-refractivity contribution >= 4 is 7.85 Å². The molecule has 0 bridgehead atoms. The summed E-state index contributed by atoms with van der Waals surface area (Å²) < 4.78 is 4.83. The smallest absolute Gasteiger partial charge is 0.0624 e. The van der Waals surface area contributed by atoms with Gasteiger partial charge < -0.3 is 16.8 Å². The number of hydrogen-bond acceptors (Lipinski definition) is 2. The Labute approximate surface area is 102 Å². The second-order valence-electron chi connectivity index (χ2n) is 1.82. The van der Waals surface area contributed by atoms with Gasteiger partial charge >= 0.3 is 0 Å². The van der Waals surface area contributed by atoms with E-state index >= 15 is 0 Å². The first-order chi connectivity index (χ1) is 3.70. The van der Waals surface area contributed by atoms with Crippen molar-refractivity contribution in [2.24, 2.45) is 0 Å². The van der Waals surface area contributed by atoms with Crippen LogP contribution in [0.25, 0.3) is 0 Å². The quantitative estimate of drug-likeness (QED) is 0.442. The van der Waals surface area contributed by atoms with Crippen molar-refractivity contribution < 1.29 is 63.6 Å². The van der Waals surface area contributed by atoms with Gasteiger partial charge in [-0.2, -0.15) is 0 Å². The van der Waals surface area contributed by atoms with Crippen molar-refractivity contribution in [3.05, 3.63) is 13.3 Å². The summed E-state index contributed by atoms with van der Waals surface area (Å²) in [6.45, 7) is 3.49. The number of aliphatic hydroxyl groups excluding tert-OH is 1. The number of ether oxygens (including phenoxy) is 1. The third kappa shape index (κ3) is 3.97. The summed E-state index contributed by atoms with van der Waals surface area (Å²) >= 11 is 0. The van der Waals surface area contributed by atoms with Crippen molar-refractivity contribution in [3.8, 4) is 0 Å². The SMILES string of the molecule is [B]C1[CH-]C(O)C([CH2-])O1.[W].[Y]. The van der Waals surface area contributed by atoms with Crippen LogP contribution in [0.3, 0.4) is 0 Å². The Balaban J connectivity index is 0. The largest absolute Gasteiger partial charge is 0.447 e. The van der Waals surface area contributed by atoms with Crippen LogP contribution in [-0.4, -0.2) is 31.2 Å². The Morgan fingerprint density at radius 3 is 2.20 bits per heavy atom. The molecule has 3 atom stereocenters. The minimum Gasteiger partial charge on any atom is -0.447 e. The van der Waals surface area contributed by atoms with Crippen molar-refractivity contribution in [2.75, 3.05) is 0 Å². The van der Waals surface area contributed by atoms with E-state index in [-0.39, 0.29) is 59.9 Å². The van der Waals surface area contributed by atoms with Crippen LogP contribution in [-0.2, 0) is 58.5 Å². The second kappa shape index (κ2) is 6.31. The van der Waals surface area contributed by atoms with E-state index in [0.29, 0.717) is 0 Å². The van der Waals surface area contributed by atoms with Gasteiger partial charge in [0.15, 0.2) is 0 Å². The number of aliphatic hydroxyl groups is 1. The summed E-state index contributed by atoms with van der Waals surface area (Å²) in [4.78, 5) is 0. The zero-order chi connectivity index (χ0) is 6.15. The predicted molar refractivity (Wildman–Crippen MR) is 30.1 cm³/mol. The van der Waals surface area contributed by atoms with Crippen LogP contribution in [0.2, 0.25) is 0 Å². The zero-order valence-electron chi connectivity index (χ0n) is 5.43. The van der Waals surface area contributed by atoms with Crippen molar-refractivity contribution in [2.45, 2.75) is 18.2 Å². The second-order valence-corrected chi connectivity index (χ2v) is 1.82. The maximum absolute atomic E-state index is 8.85. The van der Waals surface area contributed by atoms with E-state index in [2.05, 4.69) is 6.92 Å². The maximum atomic E-state index is 8.85. The molecule has 0 spiro atoms. The molecule has 0 amide bonds. The molecule has 2 nitrogen and oxygen atoms in total. The summed E-state index contributed by atoms with van der Waals surface area (Å²) in [6, 6.07) is -0.438. The van der Waals surface area contributed by atoms with Gasteiger partial charge in [-0.05, 0) is 0 Å². The van der Waals surface area contributed by atoms with Crippen LogP contribution in [0.1, 0.15) is 0 Å². The van der Waals surface area contributed by atoms with Crippen LogP contribution in [0.15, 0.2) is 0 Å². The number of hydrogen-bond donors (Lipinski definition) is 1. The molecule has 10 heavy (non-hydrogen) atoms.